The van der Waals surface area contributed by atoms with E-state index in [0.29, 0.717) is 24.6 Å². The van der Waals surface area contributed by atoms with Gasteiger partial charge in [-0.15, -0.1) is 24.0 Å². The van der Waals surface area contributed by atoms with Gasteiger partial charge in [-0.25, -0.2) is 9.38 Å². The summed E-state index contributed by atoms with van der Waals surface area (Å²) in [5, 5.41) is 16.3. The van der Waals surface area contributed by atoms with E-state index in [0.717, 1.165) is 5.56 Å². The number of halogens is 2. The van der Waals surface area contributed by atoms with Crippen LogP contribution in [0.25, 0.3) is 0 Å². The third kappa shape index (κ3) is 6.40. The van der Waals surface area contributed by atoms with Crippen LogP contribution in [0.15, 0.2) is 53.8 Å². The zero-order chi connectivity index (χ0) is 16.5. The fourth-order valence-electron chi connectivity index (χ4n) is 2.03. The Balaban J connectivity index is 0.00000288. The Bertz CT molecular complexity index is 639. The van der Waals surface area contributed by atoms with Crippen molar-refractivity contribution in [1.29, 1.82) is 0 Å². The number of hydrogen-bond acceptors (Lipinski definition) is 3. The number of aromatic nitrogens is 1. The lowest BCUT2D eigenvalue weighted by atomic mass is 10.1. The molecule has 0 aliphatic heterocycles. The first-order valence-corrected chi connectivity index (χ1v) is 7.54. The standard InChI is InChI=1S/C17H21FN4O.HI/c1-2-20-17(21-11-14-5-3-4-6-15(14)18)22-12-16(23)13-7-9-19-10-8-13;/h3-10,16,23H,2,11-12H2,1H3,(H2,20,21,22);1H. The molecule has 5 nitrogen and oxygen atoms in total. The molecular weight excluding hydrogens is 422 g/mol. The van der Waals surface area contributed by atoms with Crippen LogP contribution in [0, 0.1) is 5.82 Å². The molecule has 1 heterocycles. The lowest BCUT2D eigenvalue weighted by Gasteiger charge is -2.15. The van der Waals surface area contributed by atoms with E-state index in [9.17, 15) is 9.50 Å². The van der Waals surface area contributed by atoms with Crippen molar-refractivity contribution in [2.24, 2.45) is 4.99 Å². The minimum atomic E-state index is -0.671. The summed E-state index contributed by atoms with van der Waals surface area (Å²) < 4.78 is 13.6. The molecular formula is C17H22FIN4O. The Labute approximate surface area is 158 Å². The summed E-state index contributed by atoms with van der Waals surface area (Å²) in [5.41, 5.74) is 1.30. The fourth-order valence-corrected chi connectivity index (χ4v) is 2.03. The lowest BCUT2D eigenvalue weighted by Crippen LogP contribution is -2.39. The van der Waals surface area contributed by atoms with E-state index < -0.39 is 6.10 Å². The van der Waals surface area contributed by atoms with Gasteiger partial charge in [0.05, 0.1) is 12.6 Å². The molecule has 1 aromatic heterocycles. The van der Waals surface area contributed by atoms with Gasteiger partial charge in [-0.3, -0.25) is 4.98 Å². The first-order valence-electron chi connectivity index (χ1n) is 7.54. The third-order valence-electron chi connectivity index (χ3n) is 3.26. The number of aliphatic imine (C=N–C) groups is 1. The van der Waals surface area contributed by atoms with Gasteiger partial charge in [0.2, 0.25) is 0 Å². The molecule has 24 heavy (non-hydrogen) atoms. The second-order valence-corrected chi connectivity index (χ2v) is 4.96. The van der Waals surface area contributed by atoms with E-state index in [1.165, 1.54) is 6.07 Å². The van der Waals surface area contributed by atoms with Gasteiger partial charge < -0.3 is 15.7 Å². The lowest BCUT2D eigenvalue weighted by molar-refractivity contribution is 0.180. The Kier molecular flexibility index (Phi) is 9.24. The maximum atomic E-state index is 13.6. The minimum Gasteiger partial charge on any atom is -0.387 e. The van der Waals surface area contributed by atoms with Crippen molar-refractivity contribution in [1.82, 2.24) is 15.6 Å². The van der Waals surface area contributed by atoms with Crippen molar-refractivity contribution in [2.75, 3.05) is 13.1 Å². The zero-order valence-corrected chi connectivity index (χ0v) is 15.8. The Morgan fingerprint density at radius 1 is 1.21 bits per heavy atom. The van der Waals surface area contributed by atoms with E-state index >= 15 is 0 Å². The van der Waals surface area contributed by atoms with Crippen LogP contribution in [0.1, 0.15) is 24.2 Å². The minimum absolute atomic E-state index is 0. The van der Waals surface area contributed by atoms with Crippen LogP contribution in [0.2, 0.25) is 0 Å². The van der Waals surface area contributed by atoms with E-state index in [1.54, 1.807) is 42.7 Å². The smallest absolute Gasteiger partial charge is 0.191 e. The normalized spacial score (nSPS) is 12.2. The molecule has 0 saturated carbocycles. The fraction of sp³-hybridized carbons (Fsp3) is 0.294. The summed E-state index contributed by atoms with van der Waals surface area (Å²) >= 11 is 0. The highest BCUT2D eigenvalue weighted by molar-refractivity contribution is 14.0. The quantitative estimate of drug-likeness (QED) is 0.364. The molecule has 0 radical (unpaired) electrons. The van der Waals surface area contributed by atoms with Gasteiger partial charge in [0.25, 0.3) is 0 Å². The summed E-state index contributed by atoms with van der Waals surface area (Å²) in [7, 11) is 0. The van der Waals surface area contributed by atoms with Gasteiger partial charge in [-0.2, -0.15) is 0 Å². The highest BCUT2D eigenvalue weighted by atomic mass is 127. The molecule has 0 aliphatic rings. The molecule has 130 valence electrons. The highest BCUT2D eigenvalue weighted by Gasteiger charge is 2.08. The number of hydrogen-bond donors (Lipinski definition) is 3. The second kappa shape index (κ2) is 10.9. The molecule has 0 saturated heterocycles. The number of guanidine groups is 1. The average molecular weight is 444 g/mol. The van der Waals surface area contributed by atoms with Crippen molar-refractivity contribution < 1.29 is 9.50 Å². The molecule has 0 aliphatic carbocycles. The van der Waals surface area contributed by atoms with E-state index in [-0.39, 0.29) is 36.3 Å². The summed E-state index contributed by atoms with van der Waals surface area (Å²) in [6.45, 7) is 3.15. The predicted molar refractivity (Wildman–Crippen MR) is 104 cm³/mol. The van der Waals surface area contributed by atoms with Crippen molar-refractivity contribution in [3.05, 3.63) is 65.7 Å². The largest absolute Gasteiger partial charge is 0.387 e. The van der Waals surface area contributed by atoms with Gasteiger partial charge in [-0.05, 0) is 30.7 Å². The number of aliphatic hydroxyl groups excluding tert-OH is 1. The number of pyridine rings is 1. The van der Waals surface area contributed by atoms with Gasteiger partial charge >= 0.3 is 0 Å². The zero-order valence-electron chi connectivity index (χ0n) is 13.4. The molecule has 0 bridgehead atoms. The topological polar surface area (TPSA) is 69.5 Å². The van der Waals surface area contributed by atoms with Crippen molar-refractivity contribution in [3.8, 4) is 0 Å². The van der Waals surface area contributed by atoms with E-state index in [2.05, 4.69) is 20.6 Å². The summed E-state index contributed by atoms with van der Waals surface area (Å²) in [6, 6.07) is 10.1. The predicted octanol–water partition coefficient (Wildman–Crippen LogP) is 2.63. The summed E-state index contributed by atoms with van der Waals surface area (Å²) in [4.78, 5) is 8.26. The van der Waals surface area contributed by atoms with Crippen molar-refractivity contribution in [3.63, 3.8) is 0 Å². The average Bonchev–Trinajstić information content (AvgIpc) is 2.59. The molecule has 0 spiro atoms. The van der Waals surface area contributed by atoms with Gasteiger partial charge in [0.1, 0.15) is 5.82 Å². The Hall–Kier alpha value is -1.74. The monoisotopic (exact) mass is 444 g/mol. The van der Waals surface area contributed by atoms with E-state index in [4.69, 9.17) is 0 Å². The maximum absolute atomic E-state index is 13.6. The summed E-state index contributed by atoms with van der Waals surface area (Å²) in [5.74, 6) is 0.257. The molecule has 7 heteroatoms. The number of benzene rings is 1. The van der Waals surface area contributed by atoms with Crippen LogP contribution in [-0.4, -0.2) is 29.1 Å². The second-order valence-electron chi connectivity index (χ2n) is 4.96. The van der Waals surface area contributed by atoms with Crippen LogP contribution in [0.4, 0.5) is 4.39 Å². The number of rotatable bonds is 6. The van der Waals surface area contributed by atoms with E-state index in [1.807, 2.05) is 6.92 Å². The van der Waals surface area contributed by atoms with Crippen LogP contribution in [0.5, 0.6) is 0 Å². The number of nitrogens with one attached hydrogen (secondary N) is 2. The van der Waals surface area contributed by atoms with Gasteiger partial charge in [-0.1, -0.05) is 18.2 Å². The number of aliphatic hydroxyl groups is 1. The summed E-state index contributed by atoms with van der Waals surface area (Å²) in [6.07, 6.45) is 2.60. The highest BCUT2D eigenvalue weighted by Crippen LogP contribution is 2.10. The Morgan fingerprint density at radius 3 is 2.58 bits per heavy atom. The van der Waals surface area contributed by atoms with Gasteiger partial charge in [0.15, 0.2) is 5.96 Å². The SMILES string of the molecule is CCNC(=NCc1ccccc1F)NCC(O)c1ccncc1.I. The molecule has 2 aromatic rings. The van der Waals surface area contributed by atoms with Gasteiger partial charge in [0, 0.05) is 31.0 Å². The molecule has 1 aromatic carbocycles. The Morgan fingerprint density at radius 2 is 1.92 bits per heavy atom. The number of nitrogens with zero attached hydrogens (tertiary/aromatic N) is 2. The first kappa shape index (κ1) is 20.3. The molecule has 0 fully saturated rings. The van der Waals surface area contributed by atoms with Crippen LogP contribution in [0.3, 0.4) is 0 Å². The van der Waals surface area contributed by atoms with Crippen LogP contribution < -0.4 is 10.6 Å². The van der Waals surface area contributed by atoms with Crippen LogP contribution >= 0.6 is 24.0 Å². The third-order valence-corrected chi connectivity index (χ3v) is 3.26. The first-order chi connectivity index (χ1) is 11.2. The molecule has 3 N–H and O–H groups in total. The van der Waals surface area contributed by atoms with Crippen molar-refractivity contribution >= 4 is 29.9 Å². The van der Waals surface area contributed by atoms with Crippen molar-refractivity contribution in [2.45, 2.75) is 19.6 Å². The molecule has 2 rings (SSSR count). The molecule has 1 atom stereocenters. The molecule has 1 unspecified atom stereocenters. The van der Waals surface area contributed by atoms with Crippen LogP contribution in [-0.2, 0) is 6.54 Å². The maximum Gasteiger partial charge on any atom is 0.191 e. The molecule has 0 amide bonds.